The number of rotatable bonds is 9. The van der Waals surface area contributed by atoms with Crippen LogP contribution in [0.1, 0.15) is 36.9 Å². The van der Waals surface area contributed by atoms with E-state index in [1.54, 1.807) is 0 Å². The Morgan fingerprint density at radius 3 is 3.15 bits per heavy atom. The Morgan fingerprint density at radius 2 is 2.35 bits per heavy atom. The van der Waals surface area contributed by atoms with Crippen molar-refractivity contribution in [1.82, 2.24) is 5.32 Å². The Hall–Kier alpha value is -1.32. The SMILES string of the molecule is C=CCCOCCNC(CC)c1ccc2c(c1)CCO2. The largest absolute Gasteiger partial charge is 0.493 e. The molecule has 0 aliphatic carbocycles. The first kappa shape index (κ1) is 15.1. The van der Waals surface area contributed by atoms with Crippen LogP contribution in [0.3, 0.4) is 0 Å². The summed E-state index contributed by atoms with van der Waals surface area (Å²) in [5.41, 5.74) is 2.69. The van der Waals surface area contributed by atoms with Gasteiger partial charge >= 0.3 is 0 Å². The van der Waals surface area contributed by atoms with Crippen LogP contribution in [0.2, 0.25) is 0 Å². The normalized spacial score (nSPS) is 14.7. The second-order valence-electron chi connectivity index (χ2n) is 5.07. The third-order valence-corrected chi connectivity index (χ3v) is 3.63. The van der Waals surface area contributed by atoms with Gasteiger partial charge in [-0.15, -0.1) is 6.58 Å². The summed E-state index contributed by atoms with van der Waals surface area (Å²) < 4.78 is 11.1. The number of benzene rings is 1. The zero-order valence-electron chi connectivity index (χ0n) is 12.4. The average molecular weight is 275 g/mol. The molecule has 1 aliphatic heterocycles. The fraction of sp³-hybridized carbons (Fsp3) is 0.529. The van der Waals surface area contributed by atoms with Crippen molar-refractivity contribution in [2.24, 2.45) is 0 Å². The summed E-state index contributed by atoms with van der Waals surface area (Å²) in [6, 6.07) is 6.94. The van der Waals surface area contributed by atoms with Gasteiger partial charge in [0.05, 0.1) is 19.8 Å². The molecule has 1 heterocycles. The van der Waals surface area contributed by atoms with Crippen LogP contribution in [0.15, 0.2) is 30.9 Å². The minimum Gasteiger partial charge on any atom is -0.493 e. The van der Waals surface area contributed by atoms with Crippen LogP contribution in [0.25, 0.3) is 0 Å². The van der Waals surface area contributed by atoms with E-state index in [0.717, 1.165) is 51.4 Å². The van der Waals surface area contributed by atoms with E-state index in [2.05, 4.69) is 37.0 Å². The van der Waals surface area contributed by atoms with Crippen molar-refractivity contribution in [2.45, 2.75) is 32.2 Å². The zero-order chi connectivity index (χ0) is 14.2. The number of nitrogens with one attached hydrogen (secondary N) is 1. The highest BCUT2D eigenvalue weighted by molar-refractivity contribution is 5.40. The Kier molecular flexibility index (Phi) is 6.09. The summed E-state index contributed by atoms with van der Waals surface area (Å²) in [6.07, 6.45) is 4.91. The maximum Gasteiger partial charge on any atom is 0.122 e. The molecule has 3 heteroatoms. The van der Waals surface area contributed by atoms with Gasteiger partial charge in [0.1, 0.15) is 5.75 Å². The zero-order valence-corrected chi connectivity index (χ0v) is 12.4. The monoisotopic (exact) mass is 275 g/mol. The van der Waals surface area contributed by atoms with Crippen molar-refractivity contribution in [3.8, 4) is 5.75 Å². The van der Waals surface area contributed by atoms with Gasteiger partial charge in [-0.05, 0) is 30.0 Å². The molecule has 0 fully saturated rings. The van der Waals surface area contributed by atoms with Crippen molar-refractivity contribution >= 4 is 0 Å². The second kappa shape index (κ2) is 8.08. The molecule has 1 aromatic carbocycles. The lowest BCUT2D eigenvalue weighted by molar-refractivity contribution is 0.138. The molecule has 1 atom stereocenters. The molecule has 20 heavy (non-hydrogen) atoms. The van der Waals surface area contributed by atoms with Crippen LogP contribution in [0.4, 0.5) is 0 Å². The van der Waals surface area contributed by atoms with Crippen LogP contribution < -0.4 is 10.1 Å². The fourth-order valence-corrected chi connectivity index (χ4v) is 2.50. The highest BCUT2D eigenvalue weighted by Crippen LogP contribution is 2.28. The summed E-state index contributed by atoms with van der Waals surface area (Å²) in [4.78, 5) is 0. The third kappa shape index (κ3) is 4.09. The third-order valence-electron chi connectivity index (χ3n) is 3.63. The topological polar surface area (TPSA) is 30.5 Å². The predicted octanol–water partition coefficient (Wildman–Crippen LogP) is 3.25. The smallest absolute Gasteiger partial charge is 0.122 e. The Balaban J connectivity index is 1.80. The Morgan fingerprint density at radius 1 is 1.45 bits per heavy atom. The minimum atomic E-state index is 0.393. The molecular formula is C17H25NO2. The fourth-order valence-electron chi connectivity index (χ4n) is 2.50. The summed E-state index contributed by atoms with van der Waals surface area (Å²) >= 11 is 0. The number of fused-ring (bicyclic) bond motifs is 1. The molecule has 0 aromatic heterocycles. The van der Waals surface area contributed by atoms with Gasteiger partial charge in [-0.1, -0.05) is 25.1 Å². The molecule has 0 radical (unpaired) electrons. The minimum absolute atomic E-state index is 0.393. The van der Waals surface area contributed by atoms with Gasteiger partial charge < -0.3 is 14.8 Å². The van der Waals surface area contributed by atoms with Crippen LogP contribution in [-0.2, 0) is 11.2 Å². The number of hydrogen-bond donors (Lipinski definition) is 1. The van der Waals surface area contributed by atoms with Gasteiger partial charge in [-0.2, -0.15) is 0 Å². The molecule has 110 valence electrons. The number of ether oxygens (including phenoxy) is 2. The van der Waals surface area contributed by atoms with Crippen LogP contribution in [0.5, 0.6) is 5.75 Å². The molecule has 0 spiro atoms. The first-order valence-corrected chi connectivity index (χ1v) is 7.52. The quantitative estimate of drug-likeness (QED) is 0.554. The summed E-state index contributed by atoms with van der Waals surface area (Å²) in [6.45, 7) is 9.10. The summed E-state index contributed by atoms with van der Waals surface area (Å²) in [5, 5.41) is 3.56. The van der Waals surface area contributed by atoms with E-state index in [1.807, 2.05) is 6.08 Å². The van der Waals surface area contributed by atoms with E-state index in [1.165, 1.54) is 11.1 Å². The van der Waals surface area contributed by atoms with Crippen molar-refractivity contribution in [3.63, 3.8) is 0 Å². The molecular weight excluding hydrogens is 250 g/mol. The van der Waals surface area contributed by atoms with E-state index in [4.69, 9.17) is 9.47 Å². The van der Waals surface area contributed by atoms with Crippen molar-refractivity contribution in [2.75, 3.05) is 26.4 Å². The lowest BCUT2D eigenvalue weighted by atomic mass is 10.0. The predicted molar refractivity (Wildman–Crippen MR) is 82.3 cm³/mol. The highest BCUT2D eigenvalue weighted by Gasteiger charge is 2.15. The van der Waals surface area contributed by atoms with Gasteiger partial charge in [-0.3, -0.25) is 0 Å². The lowest BCUT2D eigenvalue weighted by Crippen LogP contribution is -2.25. The lowest BCUT2D eigenvalue weighted by Gasteiger charge is -2.18. The van der Waals surface area contributed by atoms with E-state index >= 15 is 0 Å². The van der Waals surface area contributed by atoms with Crippen LogP contribution in [-0.4, -0.2) is 26.4 Å². The molecule has 0 amide bonds. The van der Waals surface area contributed by atoms with Gasteiger partial charge in [0.2, 0.25) is 0 Å². The first-order chi connectivity index (χ1) is 9.85. The van der Waals surface area contributed by atoms with Crippen molar-refractivity contribution in [3.05, 3.63) is 42.0 Å². The maximum absolute atomic E-state index is 5.55. The highest BCUT2D eigenvalue weighted by atomic mass is 16.5. The van der Waals surface area contributed by atoms with Gasteiger partial charge in [-0.25, -0.2) is 0 Å². The molecule has 3 nitrogen and oxygen atoms in total. The van der Waals surface area contributed by atoms with Crippen LogP contribution in [0, 0.1) is 0 Å². The Bertz CT molecular complexity index is 431. The molecule has 1 aliphatic rings. The molecule has 1 aromatic rings. The van der Waals surface area contributed by atoms with Gasteiger partial charge in [0.25, 0.3) is 0 Å². The van der Waals surface area contributed by atoms with Crippen molar-refractivity contribution in [1.29, 1.82) is 0 Å². The molecule has 0 saturated carbocycles. The van der Waals surface area contributed by atoms with E-state index in [9.17, 15) is 0 Å². The van der Waals surface area contributed by atoms with Crippen LogP contribution >= 0.6 is 0 Å². The maximum atomic E-state index is 5.55. The van der Waals surface area contributed by atoms with Gasteiger partial charge in [0.15, 0.2) is 0 Å². The molecule has 1 N–H and O–H groups in total. The van der Waals surface area contributed by atoms with E-state index < -0.39 is 0 Å². The summed E-state index contributed by atoms with van der Waals surface area (Å²) in [5.74, 6) is 1.05. The summed E-state index contributed by atoms with van der Waals surface area (Å²) in [7, 11) is 0. The molecule has 0 bridgehead atoms. The van der Waals surface area contributed by atoms with Crippen molar-refractivity contribution < 1.29 is 9.47 Å². The molecule has 0 saturated heterocycles. The second-order valence-corrected chi connectivity index (χ2v) is 5.07. The average Bonchev–Trinajstić information content (AvgIpc) is 2.94. The standard InChI is InChI=1S/C17H25NO2/c1-3-5-10-19-12-9-18-16(4-2)14-6-7-17-15(13-14)8-11-20-17/h3,6-7,13,16,18H,1,4-5,8-12H2,2H3. The first-order valence-electron chi connectivity index (χ1n) is 7.52. The van der Waals surface area contributed by atoms with E-state index in [-0.39, 0.29) is 0 Å². The van der Waals surface area contributed by atoms with E-state index in [0.29, 0.717) is 6.04 Å². The Labute approximate surface area is 122 Å². The molecule has 2 rings (SSSR count). The molecule has 1 unspecified atom stereocenters. The van der Waals surface area contributed by atoms with Gasteiger partial charge in [0, 0.05) is 19.0 Å². The number of hydrogen-bond acceptors (Lipinski definition) is 3.